The minimum Gasteiger partial charge on any atom is -0.411 e. The van der Waals surface area contributed by atoms with Crippen molar-refractivity contribution in [3.8, 4) is 0 Å². The Labute approximate surface area is 189 Å². The number of hydrogen-bond acceptors (Lipinski definition) is 4. The molecule has 8 atom stereocenters. The molecule has 4 fully saturated rings. The van der Waals surface area contributed by atoms with Crippen molar-refractivity contribution in [3.05, 3.63) is 0 Å². The Kier molecular flexibility index (Phi) is 6.49. The Morgan fingerprint density at radius 1 is 0.903 bits per heavy atom. The molecule has 0 aliphatic heterocycles. The van der Waals surface area contributed by atoms with E-state index in [4.69, 9.17) is 0 Å². The van der Waals surface area contributed by atoms with E-state index in [9.17, 15) is 10.4 Å². The van der Waals surface area contributed by atoms with Gasteiger partial charge in [0.15, 0.2) is 0 Å². The van der Waals surface area contributed by atoms with Crippen LogP contribution in [0.25, 0.3) is 0 Å². The standard InChI is InChI=1S/C27H46N2O2/c1-17(2)7-6-8-18(3)21-9-10-22-20-16-25(29-31)24-15-19(28-30)11-13-27(24,5)23(20)12-14-26(21,22)4/h17-18,20-24,30-31H,6-16H2,1-5H3/b28-19-,29-25-/t18-,20+,21-,22+,23+,24?,26-,27-/m1/s1. The minimum absolute atomic E-state index is 0.182. The Morgan fingerprint density at radius 2 is 1.65 bits per heavy atom. The summed E-state index contributed by atoms with van der Waals surface area (Å²) in [6, 6.07) is 0. The first-order chi connectivity index (χ1) is 14.7. The summed E-state index contributed by atoms with van der Waals surface area (Å²) in [5.74, 6) is 4.88. The van der Waals surface area contributed by atoms with Crippen LogP contribution in [0.15, 0.2) is 10.3 Å². The van der Waals surface area contributed by atoms with E-state index in [1.165, 1.54) is 44.9 Å². The molecule has 176 valence electrons. The quantitative estimate of drug-likeness (QED) is 0.353. The maximum absolute atomic E-state index is 9.97. The van der Waals surface area contributed by atoms with Gasteiger partial charge in [-0.15, -0.1) is 0 Å². The molecule has 2 N–H and O–H groups in total. The van der Waals surface area contributed by atoms with Crippen LogP contribution in [0.4, 0.5) is 0 Å². The molecule has 0 radical (unpaired) electrons. The third kappa shape index (κ3) is 3.84. The summed E-state index contributed by atoms with van der Waals surface area (Å²) in [6.07, 6.45) is 13.2. The van der Waals surface area contributed by atoms with Crippen molar-refractivity contribution < 1.29 is 10.4 Å². The number of rotatable bonds is 5. The van der Waals surface area contributed by atoms with Gasteiger partial charge in [0.25, 0.3) is 0 Å². The van der Waals surface area contributed by atoms with Crippen molar-refractivity contribution in [1.29, 1.82) is 0 Å². The molecule has 31 heavy (non-hydrogen) atoms. The van der Waals surface area contributed by atoms with Gasteiger partial charge in [0.1, 0.15) is 0 Å². The average Bonchev–Trinajstić information content (AvgIpc) is 3.09. The molecule has 4 rings (SSSR count). The summed E-state index contributed by atoms with van der Waals surface area (Å²) in [4.78, 5) is 0. The Bertz CT molecular complexity index is 716. The van der Waals surface area contributed by atoms with Crippen LogP contribution >= 0.6 is 0 Å². The highest BCUT2D eigenvalue weighted by atomic mass is 16.4. The van der Waals surface area contributed by atoms with Crippen molar-refractivity contribution >= 4 is 11.4 Å². The van der Waals surface area contributed by atoms with Gasteiger partial charge in [0.05, 0.1) is 11.4 Å². The lowest BCUT2D eigenvalue weighted by Gasteiger charge is -2.60. The normalized spacial score (nSPS) is 46.1. The molecule has 4 aliphatic carbocycles. The van der Waals surface area contributed by atoms with Crippen LogP contribution in [0, 0.1) is 52.3 Å². The highest BCUT2D eigenvalue weighted by Crippen LogP contribution is 2.67. The van der Waals surface area contributed by atoms with Gasteiger partial charge < -0.3 is 10.4 Å². The van der Waals surface area contributed by atoms with Gasteiger partial charge in [-0.3, -0.25) is 0 Å². The van der Waals surface area contributed by atoms with E-state index in [-0.39, 0.29) is 11.3 Å². The summed E-state index contributed by atoms with van der Waals surface area (Å²) >= 11 is 0. The third-order valence-electron chi connectivity index (χ3n) is 10.8. The largest absolute Gasteiger partial charge is 0.411 e. The first-order valence-corrected chi connectivity index (χ1v) is 13.1. The molecule has 0 bridgehead atoms. The lowest BCUT2D eigenvalue weighted by molar-refractivity contribution is -0.0734. The van der Waals surface area contributed by atoms with Gasteiger partial charge in [0.2, 0.25) is 0 Å². The summed E-state index contributed by atoms with van der Waals surface area (Å²) in [7, 11) is 0. The van der Waals surface area contributed by atoms with Crippen LogP contribution in [-0.2, 0) is 0 Å². The summed E-state index contributed by atoms with van der Waals surface area (Å²) in [6.45, 7) is 12.3. The van der Waals surface area contributed by atoms with Crippen LogP contribution in [0.5, 0.6) is 0 Å². The second-order valence-corrected chi connectivity index (χ2v) is 12.6. The minimum atomic E-state index is 0.182. The van der Waals surface area contributed by atoms with Gasteiger partial charge in [-0.25, -0.2) is 0 Å². The van der Waals surface area contributed by atoms with Gasteiger partial charge in [-0.2, -0.15) is 0 Å². The van der Waals surface area contributed by atoms with Crippen molar-refractivity contribution in [2.75, 3.05) is 0 Å². The molecule has 1 unspecified atom stereocenters. The number of hydrogen-bond donors (Lipinski definition) is 2. The number of fused-ring (bicyclic) bond motifs is 5. The lowest BCUT2D eigenvalue weighted by atomic mass is 9.44. The summed E-state index contributed by atoms with van der Waals surface area (Å²) in [5, 5.41) is 26.8. The van der Waals surface area contributed by atoms with Crippen LogP contribution in [0.3, 0.4) is 0 Å². The second kappa shape index (κ2) is 8.71. The first-order valence-electron chi connectivity index (χ1n) is 13.1. The third-order valence-corrected chi connectivity index (χ3v) is 10.8. The van der Waals surface area contributed by atoms with E-state index in [2.05, 4.69) is 44.9 Å². The van der Waals surface area contributed by atoms with Crippen LogP contribution < -0.4 is 0 Å². The molecular weight excluding hydrogens is 384 g/mol. The maximum atomic E-state index is 9.97. The molecule has 0 aromatic carbocycles. The molecule has 0 heterocycles. The van der Waals surface area contributed by atoms with E-state index in [0.717, 1.165) is 66.7 Å². The predicted octanol–water partition coefficient (Wildman–Crippen LogP) is 7.38. The zero-order chi connectivity index (χ0) is 22.4. The van der Waals surface area contributed by atoms with Crippen LogP contribution in [0.1, 0.15) is 105 Å². The van der Waals surface area contributed by atoms with Gasteiger partial charge in [-0.05, 0) is 97.7 Å². The van der Waals surface area contributed by atoms with E-state index in [0.29, 0.717) is 11.3 Å². The number of oxime groups is 2. The zero-order valence-corrected chi connectivity index (χ0v) is 20.6. The van der Waals surface area contributed by atoms with E-state index < -0.39 is 0 Å². The predicted molar refractivity (Wildman–Crippen MR) is 127 cm³/mol. The summed E-state index contributed by atoms with van der Waals surface area (Å²) in [5.41, 5.74) is 2.51. The fourth-order valence-corrected chi connectivity index (χ4v) is 9.10. The van der Waals surface area contributed by atoms with Gasteiger partial charge in [-0.1, -0.05) is 64.2 Å². The molecule has 4 aliphatic rings. The molecule has 0 aromatic heterocycles. The second-order valence-electron chi connectivity index (χ2n) is 12.6. The Balaban J connectivity index is 1.54. The molecule has 4 nitrogen and oxygen atoms in total. The molecule has 0 amide bonds. The molecular formula is C27H46N2O2. The van der Waals surface area contributed by atoms with Gasteiger partial charge in [0, 0.05) is 5.92 Å². The SMILES string of the molecule is CC(C)CCC[C@@H](C)[C@H]1CC[C@H]2[C@@H]3C/C(=N/O)C4C/C(=N\O)CC[C@]4(C)[C@H]3CC[C@]12C. The van der Waals surface area contributed by atoms with E-state index >= 15 is 0 Å². The van der Waals surface area contributed by atoms with Crippen molar-refractivity contribution in [2.24, 2.45) is 62.6 Å². The van der Waals surface area contributed by atoms with Crippen molar-refractivity contribution in [1.82, 2.24) is 0 Å². The maximum Gasteiger partial charge on any atom is 0.0613 e. The topological polar surface area (TPSA) is 65.2 Å². The zero-order valence-electron chi connectivity index (χ0n) is 20.6. The summed E-state index contributed by atoms with van der Waals surface area (Å²) < 4.78 is 0. The smallest absolute Gasteiger partial charge is 0.0613 e. The lowest BCUT2D eigenvalue weighted by Crippen LogP contribution is -2.56. The first kappa shape index (κ1) is 23.1. The highest BCUT2D eigenvalue weighted by Gasteiger charge is 2.62. The molecule has 0 aromatic rings. The van der Waals surface area contributed by atoms with E-state index in [1.807, 2.05) is 0 Å². The highest BCUT2D eigenvalue weighted by molar-refractivity contribution is 5.95. The van der Waals surface area contributed by atoms with Crippen molar-refractivity contribution in [3.63, 3.8) is 0 Å². The molecule has 4 saturated carbocycles. The molecule has 4 heteroatoms. The monoisotopic (exact) mass is 430 g/mol. The number of nitrogens with zero attached hydrogens (tertiary/aromatic N) is 2. The Hall–Kier alpha value is -1.06. The van der Waals surface area contributed by atoms with Crippen LogP contribution in [0.2, 0.25) is 0 Å². The van der Waals surface area contributed by atoms with Crippen LogP contribution in [-0.4, -0.2) is 21.8 Å². The van der Waals surface area contributed by atoms with E-state index in [1.54, 1.807) is 0 Å². The van der Waals surface area contributed by atoms with Gasteiger partial charge >= 0.3 is 0 Å². The average molecular weight is 431 g/mol. The Morgan fingerprint density at radius 3 is 2.32 bits per heavy atom. The van der Waals surface area contributed by atoms with Crippen molar-refractivity contribution in [2.45, 2.75) is 105 Å². The fraction of sp³-hybridized carbons (Fsp3) is 0.926. The molecule has 0 spiro atoms. The fourth-order valence-electron chi connectivity index (χ4n) is 9.10. The molecule has 0 saturated heterocycles.